The quantitative estimate of drug-likeness (QED) is 0.428. The summed E-state index contributed by atoms with van der Waals surface area (Å²) in [5, 5.41) is 0.609. The third-order valence-corrected chi connectivity index (χ3v) is 5.16. The lowest BCUT2D eigenvalue weighted by atomic mass is 9.96. The van der Waals surface area contributed by atoms with Gasteiger partial charge in [-0.3, -0.25) is 19.5 Å². The number of carbonyl (C=O) groups is 2. The van der Waals surface area contributed by atoms with Gasteiger partial charge in [-0.25, -0.2) is 0 Å². The van der Waals surface area contributed by atoms with Crippen LogP contribution in [0.1, 0.15) is 38.3 Å². The average molecular weight is 427 g/mol. The van der Waals surface area contributed by atoms with E-state index in [2.05, 4.69) is 0 Å². The van der Waals surface area contributed by atoms with Gasteiger partial charge >= 0.3 is 0 Å². The van der Waals surface area contributed by atoms with Crippen LogP contribution < -0.4 is 5.73 Å². The van der Waals surface area contributed by atoms with Gasteiger partial charge in [0, 0.05) is 36.6 Å². The zero-order valence-electron chi connectivity index (χ0n) is 17.7. The Hall–Kier alpha value is -2.86. The Balaban J connectivity index is 2.25. The Morgan fingerprint density at radius 2 is 1.87 bits per heavy atom. The van der Waals surface area contributed by atoms with Crippen LogP contribution in [-0.2, 0) is 9.59 Å². The van der Waals surface area contributed by atoms with Crippen LogP contribution in [0, 0.1) is 0 Å². The number of carbonyl (C=O) groups excluding carboxylic acids is 2. The molecule has 1 aromatic rings. The molecule has 2 N–H and O–H groups in total. The lowest BCUT2D eigenvalue weighted by Crippen LogP contribution is -2.30. The van der Waals surface area contributed by atoms with Crippen molar-refractivity contribution in [2.75, 3.05) is 14.1 Å². The number of allylic oxidation sites excluding steroid dienone is 3. The van der Waals surface area contributed by atoms with E-state index in [9.17, 15) is 9.59 Å². The Morgan fingerprint density at radius 3 is 2.37 bits per heavy atom. The zero-order chi connectivity index (χ0) is 22.0. The van der Waals surface area contributed by atoms with Crippen LogP contribution in [0.25, 0.3) is 0 Å². The number of aldehydes is 1. The predicted molar refractivity (Wildman–Crippen MR) is 120 cm³/mol. The van der Waals surface area contributed by atoms with E-state index in [1.54, 1.807) is 37.0 Å². The molecule has 1 heterocycles. The maximum absolute atomic E-state index is 13.6. The summed E-state index contributed by atoms with van der Waals surface area (Å²) in [5.74, 6) is -0.218. The SMILES string of the molecule is CC(N)=C1C(=NC2CC2)C(=O)N(C(/C=C(/C)C=O)=C/N(C)C)C1c1ccc(Cl)cc1. The summed E-state index contributed by atoms with van der Waals surface area (Å²) in [6.45, 7) is 3.50. The Kier molecular flexibility index (Phi) is 6.46. The summed E-state index contributed by atoms with van der Waals surface area (Å²) in [6.07, 6.45) is 6.24. The van der Waals surface area contributed by atoms with Gasteiger partial charge in [0.05, 0.1) is 17.8 Å². The fourth-order valence-electron chi connectivity index (χ4n) is 3.45. The van der Waals surface area contributed by atoms with Gasteiger partial charge in [-0.1, -0.05) is 23.7 Å². The van der Waals surface area contributed by atoms with Crippen molar-refractivity contribution in [1.29, 1.82) is 0 Å². The highest BCUT2D eigenvalue weighted by molar-refractivity contribution is 6.48. The second-order valence-electron chi connectivity index (χ2n) is 7.96. The van der Waals surface area contributed by atoms with E-state index in [1.807, 2.05) is 37.3 Å². The molecule has 2 aliphatic rings. The number of nitrogens with zero attached hydrogens (tertiary/aromatic N) is 3. The number of aliphatic imine (C=N–C) groups is 1. The van der Waals surface area contributed by atoms with E-state index in [-0.39, 0.29) is 11.9 Å². The normalized spacial score (nSPS) is 23.2. The van der Waals surface area contributed by atoms with Gasteiger partial charge in [0.1, 0.15) is 12.0 Å². The number of hydrogen-bond donors (Lipinski definition) is 1. The molecule has 0 aromatic heterocycles. The Morgan fingerprint density at radius 1 is 1.23 bits per heavy atom. The van der Waals surface area contributed by atoms with Gasteiger partial charge in [-0.2, -0.15) is 0 Å². The maximum Gasteiger partial charge on any atom is 0.277 e. The molecule has 158 valence electrons. The van der Waals surface area contributed by atoms with E-state index in [1.165, 1.54) is 0 Å². The van der Waals surface area contributed by atoms with Crippen LogP contribution in [0.2, 0.25) is 5.02 Å². The molecule has 1 amide bonds. The van der Waals surface area contributed by atoms with Gasteiger partial charge in [0.15, 0.2) is 0 Å². The highest BCUT2D eigenvalue weighted by Crippen LogP contribution is 2.42. The molecule has 1 aromatic carbocycles. The van der Waals surface area contributed by atoms with E-state index in [4.69, 9.17) is 22.3 Å². The van der Waals surface area contributed by atoms with Crippen molar-refractivity contribution in [2.24, 2.45) is 10.7 Å². The minimum absolute atomic E-state index is 0.164. The first kappa shape index (κ1) is 21.8. The first-order chi connectivity index (χ1) is 14.2. The monoisotopic (exact) mass is 426 g/mol. The van der Waals surface area contributed by atoms with E-state index >= 15 is 0 Å². The number of halogens is 1. The van der Waals surface area contributed by atoms with E-state index < -0.39 is 6.04 Å². The smallest absolute Gasteiger partial charge is 0.277 e. The lowest BCUT2D eigenvalue weighted by molar-refractivity contribution is -0.122. The Bertz CT molecular complexity index is 965. The molecule has 1 aliphatic heterocycles. The Labute approximate surface area is 182 Å². The highest BCUT2D eigenvalue weighted by Gasteiger charge is 2.45. The van der Waals surface area contributed by atoms with Gasteiger partial charge in [0.2, 0.25) is 0 Å². The van der Waals surface area contributed by atoms with Crippen LogP contribution in [0.5, 0.6) is 0 Å². The number of likely N-dealkylation sites (tertiary alicyclic amines) is 1. The molecule has 30 heavy (non-hydrogen) atoms. The first-order valence-corrected chi connectivity index (χ1v) is 10.3. The van der Waals surface area contributed by atoms with Crippen molar-refractivity contribution in [2.45, 2.75) is 38.8 Å². The molecule has 3 rings (SSSR count). The van der Waals surface area contributed by atoms with E-state index in [0.717, 1.165) is 24.7 Å². The summed E-state index contributed by atoms with van der Waals surface area (Å²) in [4.78, 5) is 33.2. The summed E-state index contributed by atoms with van der Waals surface area (Å²) < 4.78 is 0. The number of hydrogen-bond acceptors (Lipinski definition) is 5. The van der Waals surface area contributed by atoms with Crippen LogP contribution in [-0.4, -0.2) is 47.8 Å². The number of rotatable bonds is 6. The molecular weight excluding hydrogens is 400 g/mol. The average Bonchev–Trinajstić information content (AvgIpc) is 3.45. The molecule has 7 heteroatoms. The highest BCUT2D eigenvalue weighted by atomic mass is 35.5. The molecule has 0 radical (unpaired) electrons. The summed E-state index contributed by atoms with van der Waals surface area (Å²) in [6, 6.07) is 7.07. The molecule has 1 saturated carbocycles. The molecule has 1 aliphatic carbocycles. The van der Waals surface area contributed by atoms with Gasteiger partial charge < -0.3 is 10.6 Å². The third kappa shape index (κ3) is 4.65. The van der Waals surface area contributed by atoms with E-state index in [0.29, 0.717) is 33.3 Å². The van der Waals surface area contributed by atoms with Crippen molar-refractivity contribution in [3.05, 3.63) is 69.7 Å². The molecule has 1 unspecified atom stereocenters. The largest absolute Gasteiger partial charge is 0.402 e. The first-order valence-electron chi connectivity index (χ1n) is 9.88. The number of nitrogens with two attached hydrogens (primary N) is 1. The van der Waals surface area contributed by atoms with Crippen LogP contribution in [0.15, 0.2) is 64.1 Å². The predicted octanol–water partition coefficient (Wildman–Crippen LogP) is 3.61. The fraction of sp³-hybridized carbons (Fsp3) is 0.348. The fourth-order valence-corrected chi connectivity index (χ4v) is 3.57. The molecule has 0 spiro atoms. The van der Waals surface area contributed by atoms with Crippen LogP contribution in [0.4, 0.5) is 0 Å². The minimum Gasteiger partial charge on any atom is -0.402 e. The summed E-state index contributed by atoms with van der Waals surface area (Å²) >= 11 is 6.10. The van der Waals surface area contributed by atoms with Crippen LogP contribution in [0.3, 0.4) is 0 Å². The standard InChI is InChI=1S/C23H27ClN4O2/c1-14(13-29)11-19(12-27(3)4)28-22(16-5-7-17(24)8-6-16)20(15(2)25)21(23(28)30)26-18-9-10-18/h5-8,11-13,18,22H,9-10,25H2,1-4H3/b14-11-,19-12+,20-15?,26-21?. The topological polar surface area (TPSA) is 79.0 Å². The van der Waals surface area contributed by atoms with Crippen molar-refractivity contribution in [1.82, 2.24) is 9.80 Å². The molecule has 1 saturated heterocycles. The van der Waals surface area contributed by atoms with Crippen molar-refractivity contribution in [3.63, 3.8) is 0 Å². The van der Waals surface area contributed by atoms with Crippen molar-refractivity contribution < 1.29 is 9.59 Å². The molecule has 1 atom stereocenters. The second-order valence-corrected chi connectivity index (χ2v) is 8.40. The molecular formula is C23H27ClN4O2. The second kappa shape index (κ2) is 8.88. The number of amides is 1. The van der Waals surface area contributed by atoms with Gasteiger partial charge in [-0.15, -0.1) is 0 Å². The molecule has 2 fully saturated rings. The van der Waals surface area contributed by atoms with Crippen molar-refractivity contribution in [3.8, 4) is 0 Å². The maximum atomic E-state index is 13.6. The lowest BCUT2D eigenvalue weighted by Gasteiger charge is -2.27. The molecule has 6 nitrogen and oxygen atoms in total. The van der Waals surface area contributed by atoms with Gasteiger partial charge in [0.25, 0.3) is 5.91 Å². The molecule has 0 bridgehead atoms. The minimum atomic E-state index is -0.459. The summed E-state index contributed by atoms with van der Waals surface area (Å²) in [5.41, 5.74) is 9.91. The summed E-state index contributed by atoms with van der Waals surface area (Å²) in [7, 11) is 3.73. The van der Waals surface area contributed by atoms with Crippen molar-refractivity contribution >= 4 is 29.5 Å². The zero-order valence-corrected chi connectivity index (χ0v) is 18.5. The third-order valence-electron chi connectivity index (χ3n) is 4.91. The number of benzene rings is 1. The van der Waals surface area contributed by atoms with Gasteiger partial charge in [-0.05, 0) is 56.0 Å². The van der Waals surface area contributed by atoms with Crippen LogP contribution >= 0.6 is 11.6 Å².